The van der Waals surface area contributed by atoms with Crippen molar-refractivity contribution in [3.8, 4) is 0 Å². The van der Waals surface area contributed by atoms with E-state index in [1.807, 2.05) is 0 Å². The van der Waals surface area contributed by atoms with Crippen molar-refractivity contribution in [2.75, 3.05) is 5.32 Å². The van der Waals surface area contributed by atoms with E-state index in [1.54, 1.807) is 24.3 Å². The van der Waals surface area contributed by atoms with Gasteiger partial charge in [-0.25, -0.2) is 4.79 Å². The molecule has 0 radical (unpaired) electrons. The lowest BCUT2D eigenvalue weighted by Gasteiger charge is -2.14. The Bertz CT molecular complexity index is 689. The van der Waals surface area contributed by atoms with Crippen LogP contribution in [0.2, 0.25) is 0 Å². The van der Waals surface area contributed by atoms with Gasteiger partial charge in [0.2, 0.25) is 0 Å². The summed E-state index contributed by atoms with van der Waals surface area (Å²) in [6.45, 7) is 0. The number of aromatic carboxylic acids is 1. The Kier molecular flexibility index (Phi) is 4.66. The molecule has 0 bridgehead atoms. The number of hydrogen-bond donors (Lipinski definition) is 2. The molecule has 0 fully saturated rings. The molecular weight excluding hydrogens is 391 g/mol. The van der Waals surface area contributed by atoms with E-state index >= 15 is 0 Å². The van der Waals surface area contributed by atoms with E-state index in [9.17, 15) is 13.6 Å². The fourth-order valence-corrected chi connectivity index (χ4v) is 2.56. The number of rotatable bonds is 5. The molecule has 6 heteroatoms. The third-order valence-corrected chi connectivity index (χ3v) is 4.38. The number of anilines is 2. The molecule has 0 aliphatic carbocycles. The first-order chi connectivity index (χ1) is 9.94. The van der Waals surface area contributed by atoms with E-state index in [0.29, 0.717) is 11.4 Å². The van der Waals surface area contributed by atoms with Crippen LogP contribution in [0.3, 0.4) is 0 Å². The topological polar surface area (TPSA) is 49.3 Å². The van der Waals surface area contributed by atoms with Crippen molar-refractivity contribution in [2.24, 2.45) is 0 Å². The summed E-state index contributed by atoms with van der Waals surface area (Å²) in [5, 5.41) is 12.0. The van der Waals surface area contributed by atoms with E-state index in [4.69, 9.17) is 5.11 Å². The van der Waals surface area contributed by atoms with Gasteiger partial charge in [0, 0.05) is 11.3 Å². The zero-order valence-corrected chi connectivity index (χ0v) is 13.0. The van der Waals surface area contributed by atoms with Gasteiger partial charge >= 0.3 is 9.90 Å². The molecule has 0 aliphatic rings. The van der Waals surface area contributed by atoms with Crippen molar-refractivity contribution in [3.63, 3.8) is 0 Å². The Balaban J connectivity index is 2.35. The van der Waals surface area contributed by atoms with E-state index in [1.165, 1.54) is 24.3 Å². The first kappa shape index (κ1) is 15.6. The summed E-state index contributed by atoms with van der Waals surface area (Å²) < 4.78 is 27.8. The van der Waals surface area contributed by atoms with E-state index in [2.05, 4.69) is 9.83 Å². The minimum absolute atomic E-state index is 0.0826. The van der Waals surface area contributed by atoms with Crippen LogP contribution in [0.5, 0.6) is 0 Å². The molecule has 0 saturated heterocycles. The number of alkyl halides is 3. The predicted octanol–water partition coefficient (Wildman–Crippen LogP) is 4.58. The summed E-state index contributed by atoms with van der Waals surface area (Å²) in [6, 6.07) is 12.1. The number of halogens is 3. The molecule has 2 rings (SSSR count). The lowest BCUT2D eigenvalue weighted by molar-refractivity contribution is 0.0698. The van der Waals surface area contributed by atoms with Crippen LogP contribution in [-0.2, 0) is 3.93 Å². The molecule has 0 spiro atoms. The average molecular weight is 403 g/mol. The molecule has 0 heterocycles. The molecule has 0 atom stereocenters. The number of benzene rings is 2. The minimum Gasteiger partial charge on any atom is -0.478 e. The van der Waals surface area contributed by atoms with Gasteiger partial charge < -0.3 is 10.4 Å². The van der Waals surface area contributed by atoms with Crippen LogP contribution in [0.15, 0.2) is 48.5 Å². The van der Waals surface area contributed by atoms with Crippen molar-refractivity contribution in [2.45, 2.75) is 3.93 Å². The Morgan fingerprint density at radius 1 is 1.19 bits per heavy atom. The first-order valence-electron chi connectivity index (χ1n) is 5.91. The predicted molar refractivity (Wildman–Crippen MR) is 88.2 cm³/mol. The highest BCUT2D eigenvalue weighted by molar-refractivity contribution is 14.2. The molecule has 0 amide bonds. The molecule has 2 N–H and O–H groups in total. The third kappa shape index (κ3) is 3.63. The Hall–Kier alpha value is -1.83. The molecule has 0 unspecified atom stereocenters. The maximum absolute atomic E-state index is 13.7. The molecule has 2 aromatic carbocycles. The zero-order valence-electron chi connectivity index (χ0n) is 10.8. The maximum atomic E-state index is 13.7. The van der Waals surface area contributed by atoms with Gasteiger partial charge in [0.15, 0.2) is 0 Å². The van der Waals surface area contributed by atoms with Gasteiger partial charge in [-0.1, -0.05) is 28.8 Å². The molecule has 2 aromatic rings. The van der Waals surface area contributed by atoms with Gasteiger partial charge in [0.05, 0.1) is 11.3 Å². The maximum Gasteiger partial charge on any atom is 0.337 e. The smallest absolute Gasteiger partial charge is 0.337 e. The van der Waals surface area contributed by atoms with E-state index < -0.39 is 30.6 Å². The second-order valence-electron chi connectivity index (χ2n) is 4.19. The zero-order chi connectivity index (χ0) is 15.5. The summed E-state index contributed by atoms with van der Waals surface area (Å²) in [7, 11) is 0. The second kappa shape index (κ2) is 6.30. The summed E-state index contributed by atoms with van der Waals surface area (Å²) in [5.41, 5.74) is 0.746. The average Bonchev–Trinajstić information content (AvgIpc) is 2.48. The van der Waals surface area contributed by atoms with Gasteiger partial charge in [-0.3, -0.25) is 0 Å². The molecule has 0 saturated carbocycles. The molecule has 110 valence electrons. The van der Waals surface area contributed by atoms with Crippen molar-refractivity contribution in [1.29, 1.82) is 0 Å². The van der Waals surface area contributed by atoms with E-state index in [-0.39, 0.29) is 11.1 Å². The van der Waals surface area contributed by atoms with Crippen LogP contribution < -0.4 is 5.32 Å². The summed E-state index contributed by atoms with van der Waals surface area (Å²) >= 11 is -1.51. The van der Waals surface area contributed by atoms with Crippen molar-refractivity contribution in [1.82, 2.24) is 0 Å². The normalized spacial score (nSPS) is 11.1. The molecule has 3 nitrogen and oxygen atoms in total. The van der Waals surface area contributed by atoms with Crippen molar-refractivity contribution < 1.29 is 18.7 Å². The molecular formula is C15H12F2INO2. The van der Waals surface area contributed by atoms with Gasteiger partial charge in [-0.05, 0) is 45.0 Å². The number of para-hydroxylation sites is 1. The van der Waals surface area contributed by atoms with Gasteiger partial charge in [-0.2, -0.15) is 8.78 Å². The third-order valence-electron chi connectivity index (χ3n) is 2.79. The van der Waals surface area contributed by atoms with Gasteiger partial charge in [-0.15, -0.1) is 0 Å². The molecule has 21 heavy (non-hydrogen) atoms. The van der Waals surface area contributed by atoms with Crippen LogP contribution in [0.4, 0.5) is 20.2 Å². The summed E-state index contributed by atoms with van der Waals surface area (Å²) in [5.74, 6) is -1.08. The number of carboxylic acid groups (broad SMARTS) is 1. The number of nitrogens with one attached hydrogen (secondary N) is 1. The van der Waals surface area contributed by atoms with Crippen LogP contribution in [0.1, 0.15) is 15.9 Å². The van der Waals surface area contributed by atoms with Crippen LogP contribution in [-0.4, -0.2) is 15.6 Å². The number of carboxylic acids is 1. The van der Waals surface area contributed by atoms with Gasteiger partial charge in [0.25, 0.3) is 0 Å². The highest BCUT2D eigenvalue weighted by Gasteiger charge is 2.28. The highest BCUT2D eigenvalue weighted by atomic mass is 127. The van der Waals surface area contributed by atoms with Crippen molar-refractivity contribution >= 4 is 42.6 Å². The Morgan fingerprint density at radius 3 is 2.57 bits per heavy atom. The van der Waals surface area contributed by atoms with Crippen LogP contribution in [0, 0.1) is 0 Å². The van der Waals surface area contributed by atoms with Gasteiger partial charge in [0.1, 0.15) is 0 Å². The SMILES string of the molecule is C=IC(F)(F)c1cccc(Nc2ccccc2C(=O)O)c1. The second-order valence-corrected chi connectivity index (χ2v) is 6.31. The van der Waals surface area contributed by atoms with E-state index in [0.717, 1.165) is 0 Å². The Labute approximate surface area is 130 Å². The van der Waals surface area contributed by atoms with Crippen LogP contribution >= 0.6 is 20.7 Å². The highest BCUT2D eigenvalue weighted by Crippen LogP contribution is 2.39. The fourth-order valence-electron chi connectivity index (χ4n) is 1.78. The minimum atomic E-state index is -2.90. The number of carbonyl (C=O) groups is 1. The summed E-state index contributed by atoms with van der Waals surface area (Å²) in [6.07, 6.45) is 0. The molecule has 0 aromatic heterocycles. The quantitative estimate of drug-likeness (QED) is 0.568. The first-order valence-corrected chi connectivity index (χ1v) is 8.51. The lowest BCUT2D eigenvalue weighted by atomic mass is 10.1. The fraction of sp³-hybridized carbons (Fsp3) is 0.0667. The standard InChI is InChI=1S/C15H12F2INO2/c1-18-15(16,17)10-5-4-6-11(9-10)19-13-8-3-2-7-12(13)14(20)21/h2-9,19H,1H2,(H,20,21). The summed E-state index contributed by atoms with van der Waals surface area (Å²) in [4.78, 5) is 11.1. The Morgan fingerprint density at radius 2 is 1.90 bits per heavy atom. The monoisotopic (exact) mass is 403 g/mol. The number of hydrogen-bond acceptors (Lipinski definition) is 2. The molecule has 0 aliphatic heterocycles. The largest absolute Gasteiger partial charge is 0.478 e. The van der Waals surface area contributed by atoms with Crippen molar-refractivity contribution in [3.05, 3.63) is 59.7 Å². The lowest BCUT2D eigenvalue weighted by Crippen LogP contribution is -2.05. The van der Waals surface area contributed by atoms with Crippen LogP contribution in [0.25, 0.3) is 0 Å².